The summed E-state index contributed by atoms with van der Waals surface area (Å²) < 4.78 is 15.8. The van der Waals surface area contributed by atoms with Crippen molar-refractivity contribution in [3.05, 3.63) is 84.1 Å². The Morgan fingerprint density at radius 3 is 2.44 bits per heavy atom. The summed E-state index contributed by atoms with van der Waals surface area (Å²) in [5.74, 6) is 0.124. The highest BCUT2D eigenvalue weighted by Gasteiger charge is 2.17. The molecule has 4 aromatic rings. The Kier molecular flexibility index (Phi) is 6.98. The van der Waals surface area contributed by atoms with Crippen molar-refractivity contribution in [2.75, 3.05) is 20.8 Å². The lowest BCUT2D eigenvalue weighted by atomic mass is 10.1. The van der Waals surface area contributed by atoms with E-state index in [1.54, 1.807) is 50.7 Å². The molecule has 2 heterocycles. The molecule has 34 heavy (non-hydrogen) atoms. The number of nitrogens with one attached hydrogen (secondary N) is 1. The van der Waals surface area contributed by atoms with Gasteiger partial charge in [-0.3, -0.25) is 9.78 Å². The highest BCUT2D eigenvalue weighted by molar-refractivity contribution is 6.05. The molecule has 2 aromatic carbocycles. The molecule has 1 N–H and O–H groups in total. The van der Waals surface area contributed by atoms with Crippen molar-refractivity contribution in [1.29, 1.82) is 0 Å². The van der Waals surface area contributed by atoms with Gasteiger partial charge in [-0.1, -0.05) is 30.3 Å². The summed E-state index contributed by atoms with van der Waals surface area (Å²) in [6.45, 7) is -0.166. The first kappa shape index (κ1) is 22.7. The van der Waals surface area contributed by atoms with Gasteiger partial charge in [0, 0.05) is 18.1 Å². The number of hydrogen-bond donors (Lipinski definition) is 1. The minimum absolute atomic E-state index is 0.249. The molecule has 8 nitrogen and oxygen atoms in total. The van der Waals surface area contributed by atoms with Crippen LogP contribution in [0.3, 0.4) is 0 Å². The normalized spacial score (nSPS) is 10.5. The molecule has 0 spiro atoms. The van der Waals surface area contributed by atoms with Crippen LogP contribution in [0.4, 0.5) is 0 Å². The van der Waals surface area contributed by atoms with Gasteiger partial charge in [-0.05, 0) is 42.0 Å². The van der Waals surface area contributed by atoms with E-state index in [9.17, 15) is 9.59 Å². The first-order chi connectivity index (χ1) is 16.6. The SMILES string of the molecule is COc1ccc(CNC(=O)COC(=O)c2cc(-c3ccccn3)nc3ccccc23)cc1OC. The van der Waals surface area contributed by atoms with Crippen LogP contribution in [0.25, 0.3) is 22.3 Å². The highest BCUT2D eigenvalue weighted by Crippen LogP contribution is 2.27. The largest absolute Gasteiger partial charge is 0.493 e. The third-order valence-electron chi connectivity index (χ3n) is 5.14. The van der Waals surface area contributed by atoms with E-state index < -0.39 is 18.5 Å². The van der Waals surface area contributed by atoms with Crippen molar-refractivity contribution in [1.82, 2.24) is 15.3 Å². The van der Waals surface area contributed by atoms with Gasteiger partial charge in [0.15, 0.2) is 18.1 Å². The molecule has 0 saturated heterocycles. The van der Waals surface area contributed by atoms with E-state index >= 15 is 0 Å². The van der Waals surface area contributed by atoms with E-state index in [4.69, 9.17) is 14.2 Å². The standard InChI is InChI=1S/C26H23N3O5/c1-32-23-11-10-17(13-24(23)33-2)15-28-25(30)16-34-26(31)19-14-22(21-9-5-6-12-27-21)29-20-8-4-3-7-18(19)20/h3-14H,15-16H2,1-2H3,(H,28,30). The number of carbonyl (C=O) groups is 2. The van der Waals surface area contributed by atoms with Gasteiger partial charge in [-0.25, -0.2) is 9.78 Å². The van der Waals surface area contributed by atoms with E-state index in [2.05, 4.69) is 15.3 Å². The number of carbonyl (C=O) groups excluding carboxylic acids is 2. The quantitative estimate of drug-likeness (QED) is 0.402. The zero-order valence-corrected chi connectivity index (χ0v) is 18.8. The number of hydrogen-bond acceptors (Lipinski definition) is 7. The van der Waals surface area contributed by atoms with Crippen molar-refractivity contribution in [3.63, 3.8) is 0 Å². The minimum atomic E-state index is -0.614. The molecule has 0 bridgehead atoms. The number of amides is 1. The number of para-hydroxylation sites is 1. The van der Waals surface area contributed by atoms with Gasteiger partial charge in [-0.15, -0.1) is 0 Å². The fourth-order valence-electron chi connectivity index (χ4n) is 3.44. The summed E-state index contributed by atoms with van der Waals surface area (Å²) in [5, 5.41) is 3.37. The minimum Gasteiger partial charge on any atom is -0.493 e. The van der Waals surface area contributed by atoms with Gasteiger partial charge in [0.05, 0.1) is 36.7 Å². The molecule has 0 atom stereocenters. The van der Waals surface area contributed by atoms with Gasteiger partial charge in [0.25, 0.3) is 5.91 Å². The number of aromatic nitrogens is 2. The fourth-order valence-corrected chi connectivity index (χ4v) is 3.44. The fraction of sp³-hybridized carbons (Fsp3) is 0.154. The zero-order valence-electron chi connectivity index (χ0n) is 18.8. The van der Waals surface area contributed by atoms with Crippen LogP contribution >= 0.6 is 0 Å². The van der Waals surface area contributed by atoms with Gasteiger partial charge in [0.2, 0.25) is 0 Å². The van der Waals surface area contributed by atoms with E-state index in [1.165, 1.54) is 0 Å². The number of rotatable bonds is 8. The zero-order chi connectivity index (χ0) is 23.9. The molecule has 8 heteroatoms. The third kappa shape index (κ3) is 5.12. The molecule has 0 saturated carbocycles. The maximum absolute atomic E-state index is 12.9. The second-order valence-corrected chi connectivity index (χ2v) is 7.33. The number of esters is 1. The Hall–Kier alpha value is -4.46. The second-order valence-electron chi connectivity index (χ2n) is 7.33. The topological polar surface area (TPSA) is 99.6 Å². The molecule has 0 radical (unpaired) electrons. The molecule has 0 aliphatic rings. The molecule has 0 fully saturated rings. The van der Waals surface area contributed by atoms with Crippen LogP contribution in [-0.2, 0) is 16.1 Å². The van der Waals surface area contributed by atoms with Crippen molar-refractivity contribution in [2.24, 2.45) is 0 Å². The van der Waals surface area contributed by atoms with Crippen molar-refractivity contribution in [2.45, 2.75) is 6.54 Å². The third-order valence-corrected chi connectivity index (χ3v) is 5.14. The molecule has 0 unspecified atom stereocenters. The van der Waals surface area contributed by atoms with Gasteiger partial charge < -0.3 is 19.5 Å². The Balaban J connectivity index is 1.44. The Labute approximate surface area is 196 Å². The summed E-state index contributed by atoms with van der Waals surface area (Å²) in [5.41, 5.74) is 2.95. The Morgan fingerprint density at radius 2 is 1.68 bits per heavy atom. The molecular formula is C26H23N3O5. The molecular weight excluding hydrogens is 434 g/mol. The number of nitrogens with zero attached hydrogens (tertiary/aromatic N) is 2. The average Bonchev–Trinajstić information content (AvgIpc) is 2.90. The van der Waals surface area contributed by atoms with Crippen LogP contribution in [0.15, 0.2) is 72.9 Å². The van der Waals surface area contributed by atoms with Crippen LogP contribution in [0.2, 0.25) is 0 Å². The summed E-state index contributed by atoms with van der Waals surface area (Å²) in [6, 6.07) is 19.7. The van der Waals surface area contributed by atoms with E-state index in [-0.39, 0.29) is 6.54 Å². The molecule has 0 aliphatic carbocycles. The lowest BCUT2D eigenvalue weighted by Gasteiger charge is -2.11. The van der Waals surface area contributed by atoms with E-state index in [0.29, 0.717) is 39.4 Å². The number of methoxy groups -OCH3 is 2. The van der Waals surface area contributed by atoms with Crippen LogP contribution in [0.1, 0.15) is 15.9 Å². The smallest absolute Gasteiger partial charge is 0.339 e. The lowest BCUT2D eigenvalue weighted by molar-refractivity contribution is -0.124. The Bertz CT molecular complexity index is 1320. The number of ether oxygens (including phenoxy) is 3. The first-order valence-electron chi connectivity index (χ1n) is 10.5. The molecule has 0 aliphatic heterocycles. The molecule has 172 valence electrons. The second kappa shape index (κ2) is 10.4. The van der Waals surface area contributed by atoms with Gasteiger partial charge in [0.1, 0.15) is 0 Å². The average molecular weight is 457 g/mol. The van der Waals surface area contributed by atoms with Gasteiger partial charge >= 0.3 is 5.97 Å². The lowest BCUT2D eigenvalue weighted by Crippen LogP contribution is -2.28. The number of fused-ring (bicyclic) bond motifs is 1. The van der Waals surface area contributed by atoms with Crippen LogP contribution < -0.4 is 14.8 Å². The Morgan fingerprint density at radius 1 is 0.882 bits per heavy atom. The molecule has 2 aromatic heterocycles. The molecule has 4 rings (SSSR count). The number of benzene rings is 2. The number of pyridine rings is 2. The monoisotopic (exact) mass is 457 g/mol. The maximum Gasteiger partial charge on any atom is 0.339 e. The predicted octanol–water partition coefficient (Wildman–Crippen LogP) is 3.79. The van der Waals surface area contributed by atoms with Crippen molar-refractivity contribution in [3.8, 4) is 22.9 Å². The maximum atomic E-state index is 12.9. The summed E-state index contributed by atoms with van der Waals surface area (Å²) >= 11 is 0. The van der Waals surface area contributed by atoms with E-state index in [0.717, 1.165) is 5.56 Å². The van der Waals surface area contributed by atoms with Crippen LogP contribution in [-0.4, -0.2) is 42.7 Å². The summed E-state index contributed by atoms with van der Waals surface area (Å²) in [7, 11) is 3.10. The first-order valence-corrected chi connectivity index (χ1v) is 10.5. The summed E-state index contributed by atoms with van der Waals surface area (Å²) in [6.07, 6.45) is 1.66. The van der Waals surface area contributed by atoms with Crippen molar-refractivity contribution < 1.29 is 23.8 Å². The summed E-state index contributed by atoms with van der Waals surface area (Å²) in [4.78, 5) is 34.1. The highest BCUT2D eigenvalue weighted by atomic mass is 16.5. The van der Waals surface area contributed by atoms with E-state index in [1.807, 2.05) is 36.4 Å². The molecule has 1 amide bonds. The predicted molar refractivity (Wildman–Crippen MR) is 127 cm³/mol. The van der Waals surface area contributed by atoms with Crippen LogP contribution in [0.5, 0.6) is 11.5 Å². The van der Waals surface area contributed by atoms with Crippen molar-refractivity contribution >= 4 is 22.8 Å². The van der Waals surface area contributed by atoms with Crippen LogP contribution in [0, 0.1) is 0 Å². The van der Waals surface area contributed by atoms with Gasteiger partial charge in [-0.2, -0.15) is 0 Å².